The highest BCUT2D eigenvalue weighted by Crippen LogP contribution is 2.24. The maximum absolute atomic E-state index is 12.9. The van der Waals surface area contributed by atoms with E-state index in [1.807, 2.05) is 31.2 Å². The maximum atomic E-state index is 12.9. The molecular formula is C22H28N2O4S. The molecule has 6 nitrogen and oxygen atoms in total. The number of piperidine rings is 1. The molecule has 1 fully saturated rings. The quantitative estimate of drug-likeness (QED) is 0.753. The van der Waals surface area contributed by atoms with E-state index in [1.54, 1.807) is 31.4 Å². The summed E-state index contributed by atoms with van der Waals surface area (Å²) in [7, 11) is -1.95. The Labute approximate surface area is 172 Å². The highest BCUT2D eigenvalue weighted by Gasteiger charge is 2.33. The van der Waals surface area contributed by atoms with Gasteiger partial charge in [-0.1, -0.05) is 29.8 Å². The van der Waals surface area contributed by atoms with Gasteiger partial charge in [0.15, 0.2) is 0 Å². The SMILES string of the molecule is COc1ccc(CCNC(=O)[C@H]2CCCN(S(=O)(=O)c3ccc(C)cc3)C2)cc1. The third kappa shape index (κ3) is 5.36. The van der Waals surface area contributed by atoms with E-state index in [1.165, 1.54) is 4.31 Å². The number of benzene rings is 2. The first-order valence-electron chi connectivity index (χ1n) is 9.87. The highest BCUT2D eigenvalue weighted by atomic mass is 32.2. The molecule has 1 N–H and O–H groups in total. The lowest BCUT2D eigenvalue weighted by Gasteiger charge is -2.31. The number of carbonyl (C=O) groups is 1. The van der Waals surface area contributed by atoms with Crippen molar-refractivity contribution < 1.29 is 17.9 Å². The Morgan fingerprint density at radius 2 is 1.83 bits per heavy atom. The van der Waals surface area contributed by atoms with Crippen LogP contribution in [0.15, 0.2) is 53.4 Å². The summed E-state index contributed by atoms with van der Waals surface area (Å²) in [5, 5.41) is 2.96. The summed E-state index contributed by atoms with van der Waals surface area (Å²) < 4.78 is 32.4. The van der Waals surface area contributed by atoms with Crippen molar-refractivity contribution in [2.24, 2.45) is 5.92 Å². The summed E-state index contributed by atoms with van der Waals surface area (Å²) in [6.45, 7) is 3.12. The lowest BCUT2D eigenvalue weighted by Crippen LogP contribution is -2.45. The maximum Gasteiger partial charge on any atom is 0.243 e. The molecular weight excluding hydrogens is 388 g/mol. The van der Waals surface area contributed by atoms with Gasteiger partial charge in [-0.05, 0) is 56.0 Å². The summed E-state index contributed by atoms with van der Waals surface area (Å²) in [5.41, 5.74) is 2.12. The molecule has 1 heterocycles. The Bertz CT molecular complexity index is 924. The molecule has 0 unspecified atom stereocenters. The molecule has 0 radical (unpaired) electrons. The summed E-state index contributed by atoms with van der Waals surface area (Å²) >= 11 is 0. The van der Waals surface area contributed by atoms with E-state index in [4.69, 9.17) is 4.74 Å². The number of carbonyl (C=O) groups excluding carboxylic acids is 1. The number of rotatable bonds is 7. The second kappa shape index (κ2) is 9.41. The van der Waals surface area contributed by atoms with Gasteiger partial charge in [0.2, 0.25) is 15.9 Å². The minimum Gasteiger partial charge on any atom is -0.497 e. The molecule has 2 aromatic carbocycles. The van der Waals surface area contributed by atoms with Gasteiger partial charge < -0.3 is 10.1 Å². The van der Waals surface area contributed by atoms with Gasteiger partial charge in [-0.3, -0.25) is 4.79 Å². The Morgan fingerprint density at radius 1 is 1.14 bits per heavy atom. The number of ether oxygens (including phenoxy) is 1. The third-order valence-corrected chi connectivity index (χ3v) is 7.16. The number of sulfonamides is 1. The molecule has 0 spiro atoms. The van der Waals surface area contributed by atoms with Gasteiger partial charge in [-0.25, -0.2) is 8.42 Å². The van der Waals surface area contributed by atoms with Crippen LogP contribution in [0.4, 0.5) is 0 Å². The monoisotopic (exact) mass is 416 g/mol. The summed E-state index contributed by atoms with van der Waals surface area (Å²) in [5.74, 6) is 0.400. The molecule has 1 saturated heterocycles. The number of aryl methyl sites for hydroxylation is 1. The zero-order valence-electron chi connectivity index (χ0n) is 16.9. The minimum atomic E-state index is -3.57. The van der Waals surface area contributed by atoms with Crippen LogP contribution in [0.2, 0.25) is 0 Å². The highest BCUT2D eigenvalue weighted by molar-refractivity contribution is 7.89. The molecule has 1 aliphatic heterocycles. The van der Waals surface area contributed by atoms with Gasteiger partial charge in [-0.15, -0.1) is 0 Å². The molecule has 0 bridgehead atoms. The average molecular weight is 417 g/mol. The van der Waals surface area contributed by atoms with Crippen molar-refractivity contribution in [2.75, 3.05) is 26.7 Å². The minimum absolute atomic E-state index is 0.0812. The zero-order valence-corrected chi connectivity index (χ0v) is 17.7. The van der Waals surface area contributed by atoms with Crippen molar-refractivity contribution in [3.63, 3.8) is 0 Å². The smallest absolute Gasteiger partial charge is 0.243 e. The van der Waals surface area contributed by atoms with Gasteiger partial charge in [0, 0.05) is 19.6 Å². The van der Waals surface area contributed by atoms with Gasteiger partial charge in [-0.2, -0.15) is 4.31 Å². The first kappa shape index (κ1) is 21.3. The van der Waals surface area contributed by atoms with Crippen molar-refractivity contribution >= 4 is 15.9 Å². The van der Waals surface area contributed by atoms with Gasteiger partial charge in [0.1, 0.15) is 5.75 Å². The van der Waals surface area contributed by atoms with Gasteiger partial charge in [0.25, 0.3) is 0 Å². The van der Waals surface area contributed by atoms with Crippen molar-refractivity contribution in [3.8, 4) is 5.75 Å². The molecule has 2 aromatic rings. The Balaban J connectivity index is 1.55. The van der Waals surface area contributed by atoms with E-state index in [0.717, 1.165) is 16.9 Å². The van der Waals surface area contributed by atoms with Crippen molar-refractivity contribution in [1.29, 1.82) is 0 Å². The second-order valence-corrected chi connectivity index (χ2v) is 9.34. The summed E-state index contributed by atoms with van der Waals surface area (Å²) in [6, 6.07) is 14.6. The zero-order chi connectivity index (χ0) is 20.9. The third-order valence-electron chi connectivity index (χ3n) is 5.29. The molecule has 3 rings (SSSR count). The topological polar surface area (TPSA) is 75.7 Å². The van der Waals surface area contributed by atoms with Crippen LogP contribution in [-0.4, -0.2) is 45.4 Å². The number of hydrogen-bond acceptors (Lipinski definition) is 4. The number of amides is 1. The Morgan fingerprint density at radius 3 is 2.48 bits per heavy atom. The fourth-order valence-corrected chi connectivity index (χ4v) is 5.02. The number of methoxy groups -OCH3 is 1. The van der Waals surface area contributed by atoms with Crippen molar-refractivity contribution in [1.82, 2.24) is 9.62 Å². The van der Waals surface area contributed by atoms with Crippen LogP contribution in [0.25, 0.3) is 0 Å². The first-order valence-corrected chi connectivity index (χ1v) is 11.3. The van der Waals surface area contributed by atoms with Crippen molar-refractivity contribution in [2.45, 2.75) is 31.1 Å². The molecule has 29 heavy (non-hydrogen) atoms. The van der Waals surface area contributed by atoms with E-state index >= 15 is 0 Å². The van der Waals surface area contributed by atoms with E-state index in [0.29, 0.717) is 32.4 Å². The second-order valence-electron chi connectivity index (χ2n) is 7.40. The first-order chi connectivity index (χ1) is 13.9. The Hall–Kier alpha value is -2.38. The van der Waals surface area contributed by atoms with Crippen LogP contribution in [0.3, 0.4) is 0 Å². The predicted octanol–water partition coefficient (Wildman–Crippen LogP) is 2.76. The molecule has 1 atom stereocenters. The lowest BCUT2D eigenvalue weighted by molar-refractivity contribution is -0.126. The average Bonchev–Trinajstić information content (AvgIpc) is 2.74. The molecule has 1 aliphatic rings. The van der Waals surface area contributed by atoms with Crippen LogP contribution in [0.5, 0.6) is 5.75 Å². The number of hydrogen-bond donors (Lipinski definition) is 1. The van der Waals surface area contributed by atoms with Crippen molar-refractivity contribution in [3.05, 3.63) is 59.7 Å². The molecule has 0 aliphatic carbocycles. The molecule has 0 saturated carbocycles. The van der Waals surface area contributed by atoms with Crippen LogP contribution in [0, 0.1) is 12.8 Å². The summed E-state index contributed by atoms with van der Waals surface area (Å²) in [4.78, 5) is 12.9. The van der Waals surface area contributed by atoms with E-state index < -0.39 is 10.0 Å². The molecule has 1 amide bonds. The van der Waals surface area contributed by atoms with E-state index in [-0.39, 0.29) is 23.3 Å². The van der Waals surface area contributed by atoms with Crippen LogP contribution >= 0.6 is 0 Å². The van der Waals surface area contributed by atoms with Gasteiger partial charge >= 0.3 is 0 Å². The molecule has 156 valence electrons. The fourth-order valence-electron chi connectivity index (χ4n) is 3.50. The number of nitrogens with one attached hydrogen (secondary N) is 1. The normalized spacial score (nSPS) is 17.7. The van der Waals surface area contributed by atoms with E-state index in [9.17, 15) is 13.2 Å². The van der Waals surface area contributed by atoms with E-state index in [2.05, 4.69) is 5.32 Å². The fraction of sp³-hybridized carbons (Fsp3) is 0.409. The standard InChI is InChI=1S/C22H28N2O4S/c1-17-5-11-21(12-6-17)29(26,27)24-15-3-4-19(16-24)22(25)23-14-13-18-7-9-20(28-2)10-8-18/h5-12,19H,3-4,13-16H2,1-2H3,(H,23,25)/t19-/m0/s1. The van der Waals surface area contributed by atoms with Crippen LogP contribution in [-0.2, 0) is 21.2 Å². The number of nitrogens with zero attached hydrogens (tertiary/aromatic N) is 1. The largest absolute Gasteiger partial charge is 0.497 e. The lowest BCUT2D eigenvalue weighted by atomic mass is 9.99. The summed E-state index contributed by atoms with van der Waals surface area (Å²) in [6.07, 6.45) is 2.10. The molecule has 0 aromatic heterocycles. The molecule has 7 heteroatoms. The van der Waals surface area contributed by atoms with Crippen LogP contribution in [0.1, 0.15) is 24.0 Å². The predicted molar refractivity (Wildman–Crippen MR) is 112 cm³/mol. The van der Waals surface area contributed by atoms with Gasteiger partial charge in [0.05, 0.1) is 17.9 Å². The Kier molecular flexibility index (Phi) is 6.92. The van der Waals surface area contributed by atoms with Crippen LogP contribution < -0.4 is 10.1 Å².